The maximum atomic E-state index is 13.4. The molecule has 3 heterocycles. The first-order chi connectivity index (χ1) is 14.1. The molecule has 0 saturated carbocycles. The second-order valence-corrected chi connectivity index (χ2v) is 10.2. The van der Waals surface area contributed by atoms with E-state index in [1.807, 2.05) is 36.4 Å². The predicted octanol–water partition coefficient (Wildman–Crippen LogP) is 3.83. The monoisotopic (exact) mass is 428 g/mol. The molecule has 1 unspecified atom stereocenters. The van der Waals surface area contributed by atoms with Crippen molar-refractivity contribution in [2.45, 2.75) is 16.6 Å². The van der Waals surface area contributed by atoms with E-state index in [1.54, 1.807) is 34.4 Å². The minimum absolute atomic E-state index is 0.218. The quantitative estimate of drug-likeness (QED) is 0.632. The molecule has 2 aliphatic heterocycles. The first-order valence-corrected chi connectivity index (χ1v) is 12.0. The van der Waals surface area contributed by atoms with E-state index < -0.39 is 10.0 Å². The van der Waals surface area contributed by atoms with E-state index in [0.717, 1.165) is 34.6 Å². The highest BCUT2D eigenvalue weighted by molar-refractivity contribution is 7.99. The summed E-state index contributed by atoms with van der Waals surface area (Å²) in [5.41, 5.74) is 1.67. The van der Waals surface area contributed by atoms with Crippen LogP contribution in [0.2, 0.25) is 0 Å². The number of nitrogens with zero attached hydrogens (tertiary/aromatic N) is 2. The number of hydrogen-bond donors (Lipinski definition) is 0. The van der Waals surface area contributed by atoms with Gasteiger partial charge in [0.05, 0.1) is 5.52 Å². The van der Waals surface area contributed by atoms with Crippen molar-refractivity contribution in [1.82, 2.24) is 9.29 Å². The molecule has 150 valence electrons. The molecular formula is C21H20N2O4S2. The number of para-hydroxylation sites is 1. The molecule has 29 heavy (non-hydrogen) atoms. The number of fused-ring (bicyclic) bond motifs is 2. The fourth-order valence-corrected chi connectivity index (χ4v) is 6.75. The van der Waals surface area contributed by atoms with Crippen LogP contribution in [0.25, 0.3) is 10.9 Å². The lowest BCUT2D eigenvalue weighted by atomic mass is 10.1. The molecule has 1 aromatic heterocycles. The predicted molar refractivity (Wildman–Crippen MR) is 113 cm³/mol. The largest absolute Gasteiger partial charge is 0.454 e. The van der Waals surface area contributed by atoms with E-state index in [0.29, 0.717) is 18.6 Å². The lowest BCUT2D eigenvalue weighted by Gasteiger charge is -2.20. The van der Waals surface area contributed by atoms with Crippen LogP contribution < -0.4 is 9.47 Å². The van der Waals surface area contributed by atoms with Crippen molar-refractivity contribution < 1.29 is 17.9 Å². The van der Waals surface area contributed by atoms with E-state index in [1.165, 1.54) is 0 Å². The van der Waals surface area contributed by atoms with Gasteiger partial charge in [-0.25, -0.2) is 8.42 Å². The van der Waals surface area contributed by atoms with E-state index in [2.05, 4.69) is 4.98 Å². The van der Waals surface area contributed by atoms with E-state index in [-0.39, 0.29) is 16.9 Å². The molecule has 0 N–H and O–H groups in total. The molecule has 2 aromatic carbocycles. The van der Waals surface area contributed by atoms with Crippen LogP contribution in [-0.2, 0) is 10.0 Å². The Kier molecular flexibility index (Phi) is 4.85. The molecule has 5 rings (SSSR count). The number of aromatic nitrogens is 1. The zero-order chi connectivity index (χ0) is 19.8. The summed E-state index contributed by atoms with van der Waals surface area (Å²) in [6.07, 6.45) is 2.37. The Hall–Kier alpha value is -2.29. The van der Waals surface area contributed by atoms with Crippen LogP contribution in [0.1, 0.15) is 17.2 Å². The third-order valence-corrected chi connectivity index (χ3v) is 8.54. The Bertz CT molecular complexity index is 1160. The van der Waals surface area contributed by atoms with Crippen LogP contribution in [-0.4, -0.2) is 43.3 Å². The summed E-state index contributed by atoms with van der Waals surface area (Å²) in [5, 5.41) is 1.05. The first kappa shape index (κ1) is 18.7. The molecule has 2 aliphatic rings. The van der Waals surface area contributed by atoms with Crippen LogP contribution >= 0.6 is 11.8 Å². The normalized spacial score (nSPS) is 19.9. The Balaban J connectivity index is 1.40. The zero-order valence-electron chi connectivity index (χ0n) is 15.7. The Morgan fingerprint density at radius 2 is 1.90 bits per heavy atom. The Labute approximate surface area is 173 Å². The maximum absolute atomic E-state index is 13.4. The second-order valence-electron chi connectivity index (χ2n) is 7.00. The van der Waals surface area contributed by atoms with Crippen molar-refractivity contribution in [2.24, 2.45) is 0 Å². The maximum Gasteiger partial charge on any atom is 0.245 e. The van der Waals surface area contributed by atoms with Gasteiger partial charge in [0.25, 0.3) is 0 Å². The van der Waals surface area contributed by atoms with Gasteiger partial charge in [0, 0.05) is 35.7 Å². The van der Waals surface area contributed by atoms with Gasteiger partial charge in [-0.1, -0.05) is 24.3 Å². The molecule has 0 radical (unpaired) electrons. The molecule has 0 amide bonds. The number of hydrogen-bond acceptors (Lipinski definition) is 6. The van der Waals surface area contributed by atoms with E-state index in [9.17, 15) is 8.42 Å². The van der Waals surface area contributed by atoms with Gasteiger partial charge in [-0.3, -0.25) is 4.98 Å². The number of rotatable bonds is 3. The number of benzene rings is 2. The third-order valence-electron chi connectivity index (χ3n) is 5.28. The smallest absolute Gasteiger partial charge is 0.245 e. The molecule has 0 spiro atoms. The molecular weight excluding hydrogens is 408 g/mol. The van der Waals surface area contributed by atoms with Gasteiger partial charge < -0.3 is 9.47 Å². The highest BCUT2D eigenvalue weighted by Crippen LogP contribution is 2.41. The summed E-state index contributed by atoms with van der Waals surface area (Å²) >= 11 is 1.78. The summed E-state index contributed by atoms with van der Waals surface area (Å²) in [5.74, 6) is 2.26. The van der Waals surface area contributed by atoms with E-state index >= 15 is 0 Å². The molecule has 8 heteroatoms. The van der Waals surface area contributed by atoms with Gasteiger partial charge in [0.15, 0.2) is 11.5 Å². The van der Waals surface area contributed by atoms with Gasteiger partial charge in [-0.15, -0.1) is 0 Å². The van der Waals surface area contributed by atoms with Crippen LogP contribution in [0.5, 0.6) is 11.5 Å². The average molecular weight is 429 g/mol. The van der Waals surface area contributed by atoms with Crippen molar-refractivity contribution in [3.05, 3.63) is 60.3 Å². The van der Waals surface area contributed by atoms with Crippen molar-refractivity contribution in [3.8, 4) is 11.5 Å². The van der Waals surface area contributed by atoms with Crippen LogP contribution in [0.3, 0.4) is 0 Å². The summed E-state index contributed by atoms with van der Waals surface area (Å²) < 4.78 is 39.3. The highest BCUT2D eigenvalue weighted by Gasteiger charge is 2.30. The minimum Gasteiger partial charge on any atom is -0.454 e. The van der Waals surface area contributed by atoms with Crippen molar-refractivity contribution in [3.63, 3.8) is 0 Å². The summed E-state index contributed by atoms with van der Waals surface area (Å²) in [7, 11) is -3.61. The minimum atomic E-state index is -3.61. The number of thioether (sulfide) groups is 1. The molecule has 0 aliphatic carbocycles. The van der Waals surface area contributed by atoms with E-state index in [4.69, 9.17) is 9.47 Å². The Morgan fingerprint density at radius 3 is 2.83 bits per heavy atom. The number of sulfonamides is 1. The van der Waals surface area contributed by atoms with Gasteiger partial charge in [0.1, 0.15) is 4.90 Å². The first-order valence-electron chi connectivity index (χ1n) is 9.48. The number of ether oxygens (including phenoxy) is 2. The summed E-state index contributed by atoms with van der Waals surface area (Å²) in [6, 6.07) is 15.0. The fraction of sp³-hybridized carbons (Fsp3) is 0.286. The lowest BCUT2D eigenvalue weighted by molar-refractivity contribution is 0.174. The van der Waals surface area contributed by atoms with Crippen LogP contribution in [0.4, 0.5) is 0 Å². The van der Waals surface area contributed by atoms with Gasteiger partial charge in [-0.05, 0) is 36.2 Å². The Morgan fingerprint density at radius 1 is 1.03 bits per heavy atom. The van der Waals surface area contributed by atoms with Crippen LogP contribution in [0.15, 0.2) is 59.6 Å². The van der Waals surface area contributed by atoms with Crippen LogP contribution in [0, 0.1) is 0 Å². The lowest BCUT2D eigenvalue weighted by Crippen LogP contribution is -2.33. The third kappa shape index (κ3) is 3.45. The summed E-state index contributed by atoms with van der Waals surface area (Å²) in [4.78, 5) is 4.60. The molecule has 1 saturated heterocycles. The molecule has 3 aromatic rings. The standard InChI is InChI=1S/C21H20N2O4S2/c24-29(25,20-5-1-3-15-4-2-9-22-21(15)20)23-10-8-19(28-12-11-23)16-6-7-17-18(13-16)27-14-26-17/h1-7,9,13,19H,8,10-12,14H2. The SMILES string of the molecule is O=S(=O)(c1cccc2cccnc12)N1CCSC(c2ccc3c(c2)OCO3)CC1. The average Bonchev–Trinajstić information content (AvgIpc) is 3.07. The van der Waals surface area contributed by atoms with Gasteiger partial charge >= 0.3 is 0 Å². The highest BCUT2D eigenvalue weighted by atomic mass is 32.2. The second kappa shape index (κ2) is 7.51. The van der Waals surface area contributed by atoms with Crippen molar-refractivity contribution in [2.75, 3.05) is 25.6 Å². The molecule has 1 fully saturated rings. The zero-order valence-corrected chi connectivity index (χ0v) is 17.3. The molecule has 1 atom stereocenters. The van der Waals surface area contributed by atoms with Crippen molar-refractivity contribution in [1.29, 1.82) is 0 Å². The fourth-order valence-electron chi connectivity index (χ4n) is 3.79. The molecule has 0 bridgehead atoms. The van der Waals surface area contributed by atoms with Crippen molar-refractivity contribution >= 4 is 32.7 Å². The number of pyridine rings is 1. The molecule has 6 nitrogen and oxygen atoms in total. The topological polar surface area (TPSA) is 68.7 Å². The summed E-state index contributed by atoms with van der Waals surface area (Å²) in [6.45, 7) is 1.20. The van der Waals surface area contributed by atoms with Gasteiger partial charge in [-0.2, -0.15) is 16.1 Å². The van der Waals surface area contributed by atoms with Gasteiger partial charge in [0.2, 0.25) is 16.8 Å².